The summed E-state index contributed by atoms with van der Waals surface area (Å²) in [5.41, 5.74) is 2.43. The Morgan fingerprint density at radius 2 is 2.28 bits per heavy atom. The summed E-state index contributed by atoms with van der Waals surface area (Å²) in [6.07, 6.45) is 2.02. The molecular weight excluding hydrogens is 234 g/mol. The number of amides is 2. The van der Waals surface area contributed by atoms with Crippen molar-refractivity contribution in [1.82, 2.24) is 15.3 Å². The van der Waals surface area contributed by atoms with Crippen LogP contribution in [0.5, 0.6) is 0 Å². The second-order valence-corrected chi connectivity index (χ2v) is 4.71. The van der Waals surface area contributed by atoms with Crippen molar-refractivity contribution in [3.05, 3.63) is 0 Å². The minimum Gasteiger partial charge on any atom is -0.331 e. The molecule has 1 atom stereocenters. The lowest BCUT2D eigenvalue weighted by molar-refractivity contribution is -0.149. The molecule has 0 aromatic rings. The summed E-state index contributed by atoms with van der Waals surface area (Å²) in [6.45, 7) is 3.62. The van der Waals surface area contributed by atoms with Crippen molar-refractivity contribution in [3.63, 3.8) is 0 Å². The Kier molecular flexibility index (Phi) is 6.07. The molecule has 1 fully saturated rings. The molecule has 2 amide bonds. The molecule has 6 heteroatoms. The lowest BCUT2D eigenvalue weighted by Crippen LogP contribution is -2.51. The van der Waals surface area contributed by atoms with Crippen molar-refractivity contribution in [3.8, 4) is 0 Å². The van der Waals surface area contributed by atoms with E-state index in [1.807, 2.05) is 25.9 Å². The van der Waals surface area contributed by atoms with Gasteiger partial charge in [-0.3, -0.25) is 14.4 Å². The smallest absolute Gasteiger partial charge is 0.266 e. The van der Waals surface area contributed by atoms with Gasteiger partial charge in [0.2, 0.25) is 5.91 Å². The first-order valence-corrected chi connectivity index (χ1v) is 6.42. The minimum absolute atomic E-state index is 0.0530. The number of piperidine rings is 1. The van der Waals surface area contributed by atoms with E-state index in [2.05, 4.69) is 5.48 Å². The van der Waals surface area contributed by atoms with Gasteiger partial charge in [0.25, 0.3) is 5.91 Å². The van der Waals surface area contributed by atoms with Crippen molar-refractivity contribution in [2.24, 2.45) is 0 Å². The average molecular weight is 257 g/mol. The molecule has 0 aromatic carbocycles. The Morgan fingerprint density at radius 3 is 2.89 bits per heavy atom. The number of carbonyl (C=O) groups excluding carboxylic acids is 2. The molecule has 104 valence electrons. The molecule has 6 nitrogen and oxygen atoms in total. The SMILES string of the molecule is CCN1C(=O)CCC[C@H]1C(=O)NOCCN(C)C. The molecule has 1 aliphatic rings. The molecule has 0 bridgehead atoms. The zero-order chi connectivity index (χ0) is 13.5. The minimum atomic E-state index is -0.379. The number of rotatable bonds is 6. The van der Waals surface area contributed by atoms with Crippen molar-refractivity contribution in [1.29, 1.82) is 0 Å². The maximum atomic E-state index is 11.9. The number of hydrogen-bond donors (Lipinski definition) is 1. The van der Waals surface area contributed by atoms with Gasteiger partial charge >= 0.3 is 0 Å². The average Bonchev–Trinajstić information content (AvgIpc) is 2.33. The Morgan fingerprint density at radius 1 is 1.56 bits per heavy atom. The highest BCUT2D eigenvalue weighted by atomic mass is 16.7. The summed E-state index contributed by atoms with van der Waals surface area (Å²) < 4.78 is 0. The van der Waals surface area contributed by atoms with Gasteiger partial charge in [-0.15, -0.1) is 0 Å². The summed E-state index contributed by atoms with van der Waals surface area (Å²) >= 11 is 0. The third-order valence-electron chi connectivity index (χ3n) is 3.02. The highest BCUT2D eigenvalue weighted by Gasteiger charge is 2.32. The van der Waals surface area contributed by atoms with Crippen LogP contribution in [0.1, 0.15) is 26.2 Å². The van der Waals surface area contributed by atoms with Crippen LogP contribution in [0.3, 0.4) is 0 Å². The maximum Gasteiger partial charge on any atom is 0.266 e. The van der Waals surface area contributed by atoms with Crippen molar-refractivity contribution >= 4 is 11.8 Å². The third kappa shape index (κ3) is 4.27. The quantitative estimate of drug-likeness (QED) is 0.537. The zero-order valence-corrected chi connectivity index (χ0v) is 11.4. The summed E-state index contributed by atoms with van der Waals surface area (Å²) in [6, 6.07) is -0.379. The molecule has 0 aliphatic carbocycles. The lowest BCUT2D eigenvalue weighted by Gasteiger charge is -2.33. The van der Waals surface area contributed by atoms with E-state index >= 15 is 0 Å². The number of hydrogen-bond acceptors (Lipinski definition) is 4. The van der Waals surface area contributed by atoms with Gasteiger partial charge in [0.05, 0.1) is 6.61 Å². The van der Waals surface area contributed by atoms with Crippen LogP contribution in [-0.4, -0.2) is 61.4 Å². The first-order chi connectivity index (χ1) is 8.56. The molecule has 1 heterocycles. The molecular formula is C12H23N3O3. The molecule has 0 unspecified atom stereocenters. The molecule has 0 aromatic heterocycles. The van der Waals surface area contributed by atoms with Gasteiger partial charge in [-0.25, -0.2) is 5.48 Å². The number of nitrogens with one attached hydrogen (secondary N) is 1. The van der Waals surface area contributed by atoms with Gasteiger partial charge in [-0.05, 0) is 33.9 Å². The van der Waals surface area contributed by atoms with Crippen LogP contribution in [0, 0.1) is 0 Å². The van der Waals surface area contributed by atoms with Crippen LogP contribution >= 0.6 is 0 Å². The number of nitrogens with zero attached hydrogens (tertiary/aromatic N) is 2. The molecule has 1 saturated heterocycles. The van der Waals surface area contributed by atoms with Crippen LogP contribution in [0.15, 0.2) is 0 Å². The van der Waals surface area contributed by atoms with Crippen molar-refractivity contribution < 1.29 is 14.4 Å². The topological polar surface area (TPSA) is 61.9 Å². The summed E-state index contributed by atoms with van der Waals surface area (Å²) in [7, 11) is 3.87. The molecule has 1 N–H and O–H groups in total. The molecule has 18 heavy (non-hydrogen) atoms. The summed E-state index contributed by atoms with van der Waals surface area (Å²) in [4.78, 5) is 32.3. The summed E-state index contributed by atoms with van der Waals surface area (Å²) in [5.74, 6) is -0.166. The van der Waals surface area contributed by atoms with E-state index < -0.39 is 0 Å². The molecule has 0 saturated carbocycles. The van der Waals surface area contributed by atoms with Gasteiger partial charge in [0.1, 0.15) is 6.04 Å². The summed E-state index contributed by atoms with van der Waals surface area (Å²) in [5, 5.41) is 0. The van der Waals surface area contributed by atoms with Crippen LogP contribution in [0.4, 0.5) is 0 Å². The standard InChI is InChI=1S/C12H23N3O3/c1-4-15-10(6-5-7-11(15)16)12(17)13-18-9-8-14(2)3/h10H,4-9H2,1-3H3,(H,13,17)/t10-/m0/s1. The van der Waals surface area contributed by atoms with Gasteiger partial charge in [0.15, 0.2) is 0 Å². The monoisotopic (exact) mass is 257 g/mol. The van der Waals surface area contributed by atoms with Crippen molar-refractivity contribution in [2.45, 2.75) is 32.2 Å². The van der Waals surface area contributed by atoms with Gasteiger partial charge in [-0.2, -0.15) is 0 Å². The lowest BCUT2D eigenvalue weighted by atomic mass is 10.0. The first kappa shape index (κ1) is 14.9. The van der Waals surface area contributed by atoms with E-state index in [4.69, 9.17) is 4.84 Å². The number of hydroxylamine groups is 1. The highest BCUT2D eigenvalue weighted by Crippen LogP contribution is 2.17. The number of likely N-dealkylation sites (tertiary alicyclic amines) is 1. The van der Waals surface area contributed by atoms with Crippen molar-refractivity contribution in [2.75, 3.05) is 33.8 Å². The largest absolute Gasteiger partial charge is 0.331 e. The van der Waals surface area contributed by atoms with E-state index in [1.54, 1.807) is 4.90 Å². The molecule has 1 aliphatic heterocycles. The fourth-order valence-corrected chi connectivity index (χ4v) is 2.01. The van der Waals surface area contributed by atoms with E-state index in [0.717, 1.165) is 13.0 Å². The Bertz CT molecular complexity index is 294. The number of likely N-dealkylation sites (N-methyl/N-ethyl adjacent to an activating group) is 2. The predicted octanol–water partition coefficient (Wildman–Crippen LogP) is -0.00320. The van der Waals surface area contributed by atoms with E-state index in [-0.39, 0.29) is 17.9 Å². The fourth-order valence-electron chi connectivity index (χ4n) is 2.01. The van der Waals surface area contributed by atoms with E-state index in [0.29, 0.717) is 26.0 Å². The van der Waals surface area contributed by atoms with Crippen LogP contribution in [-0.2, 0) is 14.4 Å². The second-order valence-electron chi connectivity index (χ2n) is 4.71. The zero-order valence-electron chi connectivity index (χ0n) is 11.4. The van der Waals surface area contributed by atoms with E-state index in [9.17, 15) is 9.59 Å². The second kappa shape index (κ2) is 7.33. The first-order valence-electron chi connectivity index (χ1n) is 6.42. The Hall–Kier alpha value is -1.14. The molecule has 0 spiro atoms. The van der Waals surface area contributed by atoms with Crippen LogP contribution < -0.4 is 5.48 Å². The third-order valence-corrected chi connectivity index (χ3v) is 3.02. The highest BCUT2D eigenvalue weighted by molar-refractivity contribution is 5.88. The predicted molar refractivity (Wildman–Crippen MR) is 67.7 cm³/mol. The molecule has 1 rings (SSSR count). The van der Waals surface area contributed by atoms with Crippen LogP contribution in [0.2, 0.25) is 0 Å². The fraction of sp³-hybridized carbons (Fsp3) is 0.833. The Labute approximate surface area is 108 Å². The normalized spacial score (nSPS) is 20.3. The van der Waals surface area contributed by atoms with E-state index in [1.165, 1.54) is 0 Å². The van der Waals surface area contributed by atoms with Gasteiger partial charge in [0, 0.05) is 19.5 Å². The van der Waals surface area contributed by atoms with Crippen LogP contribution in [0.25, 0.3) is 0 Å². The van der Waals surface area contributed by atoms with Gasteiger partial charge < -0.3 is 9.80 Å². The maximum absolute atomic E-state index is 11.9. The number of carbonyl (C=O) groups is 2. The molecule has 0 radical (unpaired) electrons. The Balaban J connectivity index is 2.37. The van der Waals surface area contributed by atoms with Gasteiger partial charge in [-0.1, -0.05) is 0 Å².